The van der Waals surface area contributed by atoms with Gasteiger partial charge in [-0.1, -0.05) is 11.3 Å². The van der Waals surface area contributed by atoms with Gasteiger partial charge in [0.15, 0.2) is 21.7 Å². The highest BCUT2D eigenvalue weighted by molar-refractivity contribution is 7.89. The summed E-state index contributed by atoms with van der Waals surface area (Å²) < 4.78 is 97.3. The molecular weight excluding hydrogens is 587 g/mol. The van der Waals surface area contributed by atoms with Crippen molar-refractivity contribution in [3.05, 3.63) is 52.2 Å². The molecule has 1 aliphatic rings. The monoisotopic (exact) mass is 610 g/mol. The van der Waals surface area contributed by atoms with Crippen molar-refractivity contribution in [3.8, 4) is 5.75 Å². The highest BCUT2D eigenvalue weighted by Crippen LogP contribution is 2.32. The molecule has 1 fully saturated rings. The highest BCUT2D eigenvalue weighted by Gasteiger charge is 2.32. The molecule has 1 saturated heterocycles. The predicted molar refractivity (Wildman–Crippen MR) is 136 cm³/mol. The molecule has 0 unspecified atom stereocenters. The van der Waals surface area contributed by atoms with Crippen molar-refractivity contribution in [1.82, 2.24) is 20.2 Å². The lowest BCUT2D eigenvalue weighted by Gasteiger charge is -2.27. The third kappa shape index (κ3) is 8.62. The summed E-state index contributed by atoms with van der Waals surface area (Å²) in [5.41, 5.74) is -1.93. The summed E-state index contributed by atoms with van der Waals surface area (Å²) in [6.45, 7) is 0.967. The number of rotatable bonds is 5. The number of likely N-dealkylation sites (tertiary alicyclic amines) is 1. The van der Waals surface area contributed by atoms with Gasteiger partial charge in [-0.2, -0.15) is 13.2 Å². The van der Waals surface area contributed by atoms with Crippen LogP contribution in [0.4, 0.5) is 22.0 Å². The molecule has 218 valence electrons. The summed E-state index contributed by atoms with van der Waals surface area (Å²) in [5.74, 6) is -2.82. The summed E-state index contributed by atoms with van der Waals surface area (Å²) >= 11 is 0.941. The number of carbonyl (C=O) groups is 2. The lowest BCUT2D eigenvalue weighted by Crippen LogP contribution is -2.41. The molecule has 0 bridgehead atoms. The van der Waals surface area contributed by atoms with Crippen molar-refractivity contribution >= 4 is 49.5 Å². The normalized spacial score (nSPS) is 14.9. The number of halogens is 5. The molecule has 0 atom stereocenters. The van der Waals surface area contributed by atoms with Gasteiger partial charge in [-0.3, -0.25) is 24.0 Å². The minimum Gasteiger partial charge on any atom is -0.483 e. The van der Waals surface area contributed by atoms with E-state index in [-0.39, 0.29) is 22.0 Å². The van der Waals surface area contributed by atoms with Crippen molar-refractivity contribution in [2.45, 2.75) is 25.6 Å². The van der Waals surface area contributed by atoms with Gasteiger partial charge in [0.1, 0.15) is 33.3 Å². The van der Waals surface area contributed by atoms with Crippen LogP contribution in [0, 0.1) is 17.6 Å². The van der Waals surface area contributed by atoms with Crippen molar-refractivity contribution in [2.75, 3.05) is 20.1 Å². The van der Waals surface area contributed by atoms with Gasteiger partial charge in [0.2, 0.25) is 5.91 Å². The zero-order chi connectivity index (χ0) is 29.8. The number of alkyl halides is 3. The molecule has 0 saturated carbocycles. The maximum absolute atomic E-state index is 14.9. The number of fused-ring (bicyclic) bond motifs is 1. The second-order valence-electron chi connectivity index (χ2n) is 8.68. The van der Waals surface area contributed by atoms with Gasteiger partial charge >= 0.3 is 6.18 Å². The maximum atomic E-state index is 14.9. The number of imide groups is 1. The Morgan fingerprint density at radius 1 is 1.25 bits per heavy atom. The Balaban J connectivity index is 0.000000810. The van der Waals surface area contributed by atoms with Crippen molar-refractivity contribution in [1.29, 1.82) is 0 Å². The van der Waals surface area contributed by atoms with Crippen LogP contribution in [0.25, 0.3) is 10.3 Å². The highest BCUT2D eigenvalue weighted by atomic mass is 32.2. The first-order valence-electron chi connectivity index (χ1n) is 11.3. The molecule has 0 spiro atoms. The molecule has 10 nitrogen and oxygen atoms in total. The fourth-order valence-corrected chi connectivity index (χ4v) is 4.42. The quantitative estimate of drug-likeness (QED) is 0.223. The summed E-state index contributed by atoms with van der Waals surface area (Å²) in [6.07, 6.45) is -2.86. The Morgan fingerprint density at radius 2 is 1.88 bits per heavy atom. The molecule has 3 N–H and O–H groups in total. The van der Waals surface area contributed by atoms with Gasteiger partial charge in [0.05, 0.1) is 5.56 Å². The Kier molecular flexibility index (Phi) is 9.78. The number of nitrogens with one attached hydrogen (secondary N) is 1. The number of aromatic nitrogens is 2. The van der Waals surface area contributed by atoms with Crippen molar-refractivity contribution in [2.24, 2.45) is 5.92 Å². The van der Waals surface area contributed by atoms with Gasteiger partial charge in [0, 0.05) is 18.0 Å². The average Bonchev–Trinajstić information content (AvgIpc) is 3.24. The molecule has 17 heteroatoms. The largest absolute Gasteiger partial charge is 0.483 e. The second-order valence-corrected chi connectivity index (χ2v) is 11.0. The predicted octanol–water partition coefficient (Wildman–Crippen LogP) is 3.81. The Hall–Kier alpha value is -3.25. The van der Waals surface area contributed by atoms with E-state index < -0.39 is 62.5 Å². The molecule has 0 aliphatic carbocycles. The van der Waals surface area contributed by atoms with E-state index in [1.165, 1.54) is 0 Å². The van der Waals surface area contributed by atoms with Crippen LogP contribution in [0.2, 0.25) is 0 Å². The molecule has 2 amide bonds. The first-order valence-corrected chi connectivity index (χ1v) is 13.8. The Bertz CT molecular complexity index is 1500. The average molecular weight is 611 g/mol. The Morgan fingerprint density at radius 3 is 2.48 bits per heavy atom. The van der Waals surface area contributed by atoms with Crippen molar-refractivity contribution < 1.29 is 49.6 Å². The van der Waals surface area contributed by atoms with E-state index in [2.05, 4.69) is 21.2 Å². The first-order chi connectivity index (χ1) is 18.5. The molecule has 1 aromatic carbocycles. The van der Waals surface area contributed by atoms with E-state index in [0.29, 0.717) is 32.1 Å². The molecule has 4 rings (SSSR count). The number of hydrogen-bond donors (Lipinski definition) is 3. The van der Waals surface area contributed by atoms with Crippen LogP contribution in [-0.2, 0) is 27.7 Å². The lowest BCUT2D eigenvalue weighted by molar-refractivity contribution is -0.137. The standard InChI is InChI=1S/C22H19F5N4O3S.CH4O3S/c1-31-6-4-11(5-7-31)19(32)30-20(33)17-13(23)2-3-15(18(17)24)34-10-16-29-14-8-12(22(25,26)27)9-28-21(14)35-16;1-5(2,3)4/h2-3,8-9,11H,4-7,10H2,1H3,(H,30,32,33);1H2,(H2,2,3,4). The van der Waals surface area contributed by atoms with Gasteiger partial charge in [-0.25, -0.2) is 23.0 Å². The smallest absolute Gasteiger partial charge is 0.417 e. The van der Waals surface area contributed by atoms with E-state index in [9.17, 15) is 35.8 Å². The lowest BCUT2D eigenvalue weighted by atomic mass is 9.96. The van der Waals surface area contributed by atoms with Crippen LogP contribution < -0.4 is 10.1 Å². The molecule has 1 aliphatic heterocycles. The number of hydrogen-bond acceptors (Lipinski definition) is 8. The van der Waals surface area contributed by atoms with Crippen LogP contribution in [0.3, 0.4) is 0 Å². The molecule has 0 radical (unpaired) electrons. The van der Waals surface area contributed by atoms with Gasteiger partial charge in [0.25, 0.3) is 5.91 Å². The van der Waals surface area contributed by atoms with E-state index in [1.54, 1.807) is 0 Å². The van der Waals surface area contributed by atoms with Crippen LogP contribution in [-0.4, -0.2) is 66.0 Å². The van der Waals surface area contributed by atoms with Crippen molar-refractivity contribution in [3.63, 3.8) is 0 Å². The third-order valence-electron chi connectivity index (χ3n) is 5.58. The minimum atomic E-state index is -4.58. The van der Waals surface area contributed by atoms with Crippen LogP contribution >= 0.6 is 11.3 Å². The van der Waals surface area contributed by atoms with E-state index in [0.717, 1.165) is 29.5 Å². The molecule has 3 aromatic rings. The van der Waals surface area contributed by atoms with Crippen LogP contribution in [0.15, 0.2) is 24.4 Å². The molecule has 3 heterocycles. The third-order valence-corrected chi connectivity index (χ3v) is 6.53. The first kappa shape index (κ1) is 31.3. The topological polar surface area (TPSA) is 142 Å². The molecular formula is C23H23F5N4O6S2. The van der Waals surface area contributed by atoms with E-state index in [4.69, 9.17) is 13.8 Å². The number of amides is 2. The maximum Gasteiger partial charge on any atom is 0.417 e. The zero-order valence-electron chi connectivity index (χ0n) is 20.7. The number of piperidine rings is 1. The van der Waals surface area contributed by atoms with Crippen LogP contribution in [0.1, 0.15) is 33.8 Å². The SMILES string of the molecule is C=S(=O)(O)O.CN1CCC(C(=O)NC(=O)c2c(F)ccc(OCc3nc4cc(C(F)(F)F)cnc4s3)c2F)CC1. The number of carbonyl (C=O) groups excluding carboxylic acids is 2. The fraction of sp³-hybridized carbons (Fsp3) is 0.348. The van der Waals surface area contributed by atoms with Gasteiger partial charge < -0.3 is 9.64 Å². The summed E-state index contributed by atoms with van der Waals surface area (Å²) in [5, 5.41) is 2.25. The molecule has 40 heavy (non-hydrogen) atoms. The Labute approximate surface area is 228 Å². The number of ether oxygens (including phenoxy) is 1. The zero-order valence-corrected chi connectivity index (χ0v) is 22.3. The summed E-state index contributed by atoms with van der Waals surface area (Å²) in [7, 11) is -1.76. The van der Waals surface area contributed by atoms with Gasteiger partial charge in [-0.05, 0) is 51.2 Å². The number of pyridine rings is 1. The second kappa shape index (κ2) is 12.5. The van der Waals surface area contributed by atoms with Crippen LogP contribution in [0.5, 0.6) is 5.75 Å². The minimum absolute atomic E-state index is 0.00418. The summed E-state index contributed by atoms with van der Waals surface area (Å²) in [6, 6.07) is 2.63. The summed E-state index contributed by atoms with van der Waals surface area (Å²) in [4.78, 5) is 34.8. The van der Waals surface area contributed by atoms with E-state index >= 15 is 0 Å². The number of thiazole rings is 1. The number of nitrogens with zero attached hydrogens (tertiary/aromatic N) is 3. The van der Waals surface area contributed by atoms with Gasteiger partial charge in [-0.15, -0.1) is 0 Å². The van der Waals surface area contributed by atoms with E-state index in [1.807, 2.05) is 11.9 Å². The molecule has 2 aromatic heterocycles. The fourth-order valence-electron chi connectivity index (χ4n) is 3.62. The number of benzene rings is 1.